The van der Waals surface area contributed by atoms with Crippen molar-refractivity contribution in [2.24, 2.45) is 5.92 Å². The number of hydrogen-bond donors (Lipinski definition) is 1. The van der Waals surface area contributed by atoms with E-state index in [1.165, 1.54) is 18.3 Å². The lowest BCUT2D eigenvalue weighted by Gasteiger charge is -2.36. The molecule has 3 aliphatic rings. The molecule has 2 saturated heterocycles. The Hall–Kier alpha value is -3.76. The van der Waals surface area contributed by atoms with Crippen molar-refractivity contribution >= 4 is 34.8 Å². The highest BCUT2D eigenvalue weighted by Gasteiger charge is 2.69. The molecule has 0 saturated carbocycles. The van der Waals surface area contributed by atoms with Crippen molar-refractivity contribution in [1.29, 1.82) is 0 Å². The van der Waals surface area contributed by atoms with Crippen LogP contribution in [0.3, 0.4) is 0 Å². The molecule has 2 aromatic carbocycles. The number of nitrogens with zero attached hydrogens (tertiary/aromatic N) is 3. The van der Waals surface area contributed by atoms with Gasteiger partial charge in [-0.05, 0) is 35.9 Å². The average Bonchev–Trinajstić information content (AvgIpc) is 3.57. The Morgan fingerprint density at radius 3 is 2.75 bits per heavy atom. The van der Waals surface area contributed by atoms with Crippen LogP contribution in [0.4, 0.5) is 11.4 Å². The Kier molecular flexibility index (Phi) is 5.31. The number of non-ortho nitro benzene ring substituents is 1. The van der Waals surface area contributed by atoms with E-state index < -0.39 is 16.4 Å². The van der Waals surface area contributed by atoms with Gasteiger partial charge in [0.1, 0.15) is 11.3 Å². The van der Waals surface area contributed by atoms with Crippen LogP contribution in [0.1, 0.15) is 27.4 Å². The molecule has 1 amide bonds. The second-order valence-electron chi connectivity index (χ2n) is 9.13. The number of Topliss-reactive ketones (excluding diaryl/α,β-unsaturated/α-hetero) is 1. The van der Waals surface area contributed by atoms with Crippen LogP contribution in [-0.2, 0) is 10.3 Å². The third kappa shape index (κ3) is 3.11. The molecular weight excluding hydrogens is 480 g/mol. The third-order valence-electron chi connectivity index (χ3n) is 7.55. The third-order valence-corrected chi connectivity index (χ3v) is 8.58. The van der Waals surface area contributed by atoms with Gasteiger partial charge in [-0.1, -0.05) is 12.1 Å². The lowest BCUT2D eigenvalue weighted by Crippen LogP contribution is -2.52. The number of methoxy groups -OCH3 is 1. The van der Waals surface area contributed by atoms with Gasteiger partial charge in [-0.2, -0.15) is 0 Å². The number of anilines is 1. The molecule has 0 unspecified atom stereocenters. The molecule has 0 bridgehead atoms. The van der Waals surface area contributed by atoms with Crippen LogP contribution in [-0.4, -0.2) is 51.3 Å². The van der Waals surface area contributed by atoms with Crippen molar-refractivity contribution in [2.45, 2.75) is 17.5 Å². The van der Waals surface area contributed by atoms with E-state index in [-0.39, 0.29) is 29.3 Å². The maximum Gasteiger partial charge on any atom is 0.269 e. The number of ketones is 1. The number of carbonyl (C=O) groups excluding carboxylic acids is 2. The van der Waals surface area contributed by atoms with E-state index in [0.29, 0.717) is 28.4 Å². The summed E-state index contributed by atoms with van der Waals surface area (Å²) in [4.78, 5) is 45.5. The number of aromatic nitrogens is 1. The van der Waals surface area contributed by atoms with Gasteiger partial charge >= 0.3 is 0 Å². The van der Waals surface area contributed by atoms with Crippen LogP contribution < -0.4 is 10.1 Å². The zero-order chi connectivity index (χ0) is 25.0. The van der Waals surface area contributed by atoms with Crippen molar-refractivity contribution in [3.05, 3.63) is 93.8 Å². The minimum atomic E-state index is -1.25. The van der Waals surface area contributed by atoms with E-state index in [2.05, 4.69) is 15.2 Å². The first-order valence-electron chi connectivity index (χ1n) is 11.5. The number of fused-ring (bicyclic) bond motifs is 4. The Morgan fingerprint density at radius 2 is 2.06 bits per heavy atom. The summed E-state index contributed by atoms with van der Waals surface area (Å²) in [5, 5.41) is 14.3. The zero-order valence-corrected chi connectivity index (χ0v) is 20.1. The van der Waals surface area contributed by atoms with Gasteiger partial charge < -0.3 is 10.1 Å². The highest BCUT2D eigenvalue weighted by atomic mass is 32.2. The Labute approximate surface area is 211 Å². The monoisotopic (exact) mass is 502 g/mol. The van der Waals surface area contributed by atoms with Crippen LogP contribution in [0.25, 0.3) is 0 Å². The molecule has 1 spiro atoms. The fourth-order valence-electron chi connectivity index (χ4n) is 6.06. The van der Waals surface area contributed by atoms with E-state index in [9.17, 15) is 19.7 Å². The van der Waals surface area contributed by atoms with Crippen molar-refractivity contribution in [1.82, 2.24) is 9.88 Å². The zero-order valence-electron chi connectivity index (χ0n) is 19.3. The highest BCUT2D eigenvalue weighted by Crippen LogP contribution is 2.61. The van der Waals surface area contributed by atoms with Crippen LogP contribution >= 0.6 is 11.8 Å². The molecule has 1 aromatic heterocycles. The maximum atomic E-state index is 14.3. The SMILES string of the molecule is COc1ccc2c(c1)[C@]1(C(=O)N2)[C@@H](C(=O)c2cccnc2)[C@H](c2ccc([N+](=O)[O-])cc2)[C@H]2CSCN21. The number of hydrogen-bond acceptors (Lipinski definition) is 8. The lowest BCUT2D eigenvalue weighted by molar-refractivity contribution is -0.384. The summed E-state index contributed by atoms with van der Waals surface area (Å²) in [6.07, 6.45) is 3.13. The molecule has 10 heteroatoms. The van der Waals surface area contributed by atoms with Crippen molar-refractivity contribution in [3.63, 3.8) is 0 Å². The molecule has 36 heavy (non-hydrogen) atoms. The van der Waals surface area contributed by atoms with Crippen LogP contribution in [0, 0.1) is 16.0 Å². The maximum absolute atomic E-state index is 14.3. The molecule has 182 valence electrons. The summed E-state index contributed by atoms with van der Waals surface area (Å²) >= 11 is 1.71. The molecule has 9 nitrogen and oxygen atoms in total. The van der Waals surface area contributed by atoms with Gasteiger partial charge in [-0.25, -0.2) is 0 Å². The number of ether oxygens (including phenoxy) is 1. The Bertz CT molecular complexity index is 1380. The fourth-order valence-corrected chi connectivity index (χ4v) is 7.39. The number of thioether (sulfide) groups is 1. The molecule has 4 atom stereocenters. The standard InChI is InChI=1S/C26H22N4O5S/c1-35-18-8-9-20-19(11-18)26(25(32)28-20)23(24(31)16-3-2-10-27-12-16)22(21-13-36-14-29(21)26)15-4-6-17(7-5-15)30(33)34/h2-12,21-23H,13-14H2,1H3,(H,28,32)/t21-,22-,23-,26-/m1/s1. The largest absolute Gasteiger partial charge is 0.497 e. The Morgan fingerprint density at radius 1 is 1.25 bits per heavy atom. The number of carbonyl (C=O) groups is 2. The van der Waals surface area contributed by atoms with Crippen LogP contribution in [0.15, 0.2) is 67.0 Å². The molecule has 2 fully saturated rings. The second-order valence-corrected chi connectivity index (χ2v) is 10.1. The minimum Gasteiger partial charge on any atom is -0.497 e. The minimum absolute atomic E-state index is 0.0204. The number of nitro groups is 1. The number of pyridine rings is 1. The number of nitrogens with one attached hydrogen (secondary N) is 1. The first kappa shape index (κ1) is 22.7. The normalized spacial score (nSPS) is 26.5. The first-order chi connectivity index (χ1) is 17.5. The smallest absolute Gasteiger partial charge is 0.269 e. The molecule has 6 rings (SSSR count). The molecule has 3 aromatic rings. The van der Waals surface area contributed by atoms with Gasteiger partial charge in [0.15, 0.2) is 5.78 Å². The van der Waals surface area contributed by atoms with Crippen molar-refractivity contribution in [2.75, 3.05) is 24.1 Å². The summed E-state index contributed by atoms with van der Waals surface area (Å²) in [5.74, 6) is 0.335. The van der Waals surface area contributed by atoms with E-state index >= 15 is 0 Å². The topological polar surface area (TPSA) is 115 Å². The molecule has 3 aliphatic heterocycles. The van der Waals surface area contributed by atoms with E-state index in [1.807, 2.05) is 12.1 Å². The summed E-state index contributed by atoms with van der Waals surface area (Å²) in [6, 6.07) is 15.1. The summed E-state index contributed by atoms with van der Waals surface area (Å²) < 4.78 is 5.49. The number of amides is 1. The number of nitro benzene ring substituents is 1. The summed E-state index contributed by atoms with van der Waals surface area (Å²) in [6.45, 7) is 0. The van der Waals surface area contributed by atoms with Crippen molar-refractivity contribution < 1.29 is 19.2 Å². The summed E-state index contributed by atoms with van der Waals surface area (Å²) in [5.41, 5.74) is 1.31. The van der Waals surface area contributed by atoms with Gasteiger partial charge in [-0.15, -0.1) is 11.8 Å². The first-order valence-corrected chi connectivity index (χ1v) is 12.7. The predicted octanol–water partition coefficient (Wildman–Crippen LogP) is 3.82. The molecular formula is C26H22N4O5S. The van der Waals surface area contributed by atoms with Crippen molar-refractivity contribution in [3.8, 4) is 5.75 Å². The van der Waals surface area contributed by atoms with Gasteiger partial charge in [0.05, 0.1) is 18.0 Å². The van der Waals surface area contributed by atoms with Gasteiger partial charge in [0, 0.05) is 64.9 Å². The summed E-state index contributed by atoms with van der Waals surface area (Å²) in [7, 11) is 1.57. The van der Waals surface area contributed by atoms with Gasteiger partial charge in [0.25, 0.3) is 5.69 Å². The lowest BCUT2D eigenvalue weighted by atomic mass is 9.69. The molecule has 0 radical (unpaired) electrons. The molecule has 1 N–H and O–H groups in total. The highest BCUT2D eigenvalue weighted by molar-refractivity contribution is 7.99. The number of benzene rings is 2. The van der Waals surface area contributed by atoms with Gasteiger partial charge in [-0.3, -0.25) is 29.6 Å². The molecule has 0 aliphatic carbocycles. The van der Waals surface area contributed by atoms with Gasteiger partial charge in [0.2, 0.25) is 5.91 Å². The predicted molar refractivity (Wildman–Crippen MR) is 134 cm³/mol. The Balaban J connectivity index is 1.60. The number of rotatable bonds is 5. The van der Waals surface area contributed by atoms with E-state index in [1.54, 1.807) is 55.4 Å². The average molecular weight is 503 g/mol. The van der Waals surface area contributed by atoms with E-state index in [0.717, 1.165) is 11.3 Å². The molecule has 4 heterocycles. The second kappa shape index (κ2) is 8.42. The van der Waals surface area contributed by atoms with Crippen LogP contribution in [0.5, 0.6) is 5.75 Å². The van der Waals surface area contributed by atoms with E-state index in [4.69, 9.17) is 4.74 Å². The quantitative estimate of drug-likeness (QED) is 0.318. The fraction of sp³-hybridized carbons (Fsp3) is 0.269. The van der Waals surface area contributed by atoms with Crippen LogP contribution in [0.2, 0.25) is 0 Å².